The van der Waals surface area contributed by atoms with E-state index in [1.165, 1.54) is 37.7 Å². The fourth-order valence-electron chi connectivity index (χ4n) is 3.80. The van der Waals surface area contributed by atoms with Crippen LogP contribution in [0.4, 0.5) is 0 Å². The zero-order valence-corrected chi connectivity index (χ0v) is 18.7. The molecule has 4 rings (SSSR count). The number of carboxylic acids is 1. The van der Waals surface area contributed by atoms with Gasteiger partial charge in [-0.05, 0) is 49.9 Å². The van der Waals surface area contributed by atoms with Crippen LogP contribution in [0.1, 0.15) is 64.8 Å². The van der Waals surface area contributed by atoms with E-state index in [0.717, 1.165) is 11.3 Å². The summed E-state index contributed by atoms with van der Waals surface area (Å²) in [5, 5.41) is 17.6. The highest BCUT2D eigenvalue weighted by Crippen LogP contribution is 2.23. The van der Waals surface area contributed by atoms with Crippen molar-refractivity contribution in [2.75, 3.05) is 0 Å². The number of aromatic carboxylic acids is 1. The summed E-state index contributed by atoms with van der Waals surface area (Å²) in [4.78, 5) is 15.2. The highest BCUT2D eigenvalue weighted by molar-refractivity contribution is 5.91. The van der Waals surface area contributed by atoms with Gasteiger partial charge in [0.1, 0.15) is 12.0 Å². The lowest BCUT2D eigenvalue weighted by Gasteiger charge is -2.21. The van der Waals surface area contributed by atoms with Gasteiger partial charge in [0.05, 0.1) is 24.9 Å². The fourth-order valence-corrected chi connectivity index (χ4v) is 3.80. The number of carboxylic acid groups (broad SMARTS) is 1. The Hall–Kier alpha value is -2.96. The first-order valence-electron chi connectivity index (χ1n) is 11.0. The van der Waals surface area contributed by atoms with Gasteiger partial charge >= 0.3 is 5.97 Å². The standard InChI is InChI=1S/C17H21NO2.C9H10O3/c1-13-7-9-14(10-8-13)17-18-15(12-20-17)11-19-16-5-3-2-4-6-16;1-6-3-2-4-7(5-10)8(6)9(11)12/h7-10,12,16H,2-6,11H2,1H3;2-4,10H,5H2,1H3,(H,11,12). The van der Waals surface area contributed by atoms with Gasteiger partial charge < -0.3 is 19.4 Å². The Morgan fingerprint density at radius 1 is 1.09 bits per heavy atom. The number of aliphatic hydroxyl groups is 1. The number of aromatic nitrogens is 1. The molecule has 1 aliphatic carbocycles. The van der Waals surface area contributed by atoms with Gasteiger partial charge in [-0.15, -0.1) is 0 Å². The molecule has 0 spiro atoms. The average Bonchev–Trinajstić information content (AvgIpc) is 3.28. The van der Waals surface area contributed by atoms with E-state index in [1.54, 1.807) is 31.4 Å². The van der Waals surface area contributed by atoms with E-state index in [0.29, 0.717) is 29.7 Å². The molecular formula is C26H31NO5. The van der Waals surface area contributed by atoms with Crippen molar-refractivity contribution in [3.63, 3.8) is 0 Å². The summed E-state index contributed by atoms with van der Waals surface area (Å²) in [5.41, 5.74) is 4.48. The Morgan fingerprint density at radius 2 is 1.81 bits per heavy atom. The van der Waals surface area contributed by atoms with Crippen molar-refractivity contribution >= 4 is 5.97 Å². The topological polar surface area (TPSA) is 92.8 Å². The molecule has 0 aliphatic heterocycles. The van der Waals surface area contributed by atoms with Crippen molar-refractivity contribution in [2.24, 2.45) is 0 Å². The molecule has 1 saturated carbocycles. The van der Waals surface area contributed by atoms with Crippen molar-refractivity contribution < 1.29 is 24.2 Å². The number of aliphatic hydroxyl groups excluding tert-OH is 1. The molecule has 3 aromatic rings. The van der Waals surface area contributed by atoms with Crippen LogP contribution in [0.25, 0.3) is 11.5 Å². The summed E-state index contributed by atoms with van der Waals surface area (Å²) in [6.07, 6.45) is 8.41. The van der Waals surface area contributed by atoms with Crippen molar-refractivity contribution in [1.82, 2.24) is 4.98 Å². The molecule has 0 bridgehead atoms. The van der Waals surface area contributed by atoms with Gasteiger partial charge in [0.2, 0.25) is 5.89 Å². The summed E-state index contributed by atoms with van der Waals surface area (Å²) >= 11 is 0. The van der Waals surface area contributed by atoms with Crippen molar-refractivity contribution in [2.45, 2.75) is 65.3 Å². The van der Waals surface area contributed by atoms with Crippen LogP contribution in [-0.4, -0.2) is 27.3 Å². The molecule has 0 atom stereocenters. The van der Waals surface area contributed by atoms with E-state index in [2.05, 4.69) is 24.0 Å². The molecular weight excluding hydrogens is 406 g/mol. The predicted molar refractivity (Wildman–Crippen MR) is 122 cm³/mol. The molecule has 1 fully saturated rings. The maximum atomic E-state index is 10.7. The van der Waals surface area contributed by atoms with Gasteiger partial charge in [-0.3, -0.25) is 0 Å². The van der Waals surface area contributed by atoms with E-state index in [9.17, 15) is 4.79 Å². The summed E-state index contributed by atoms with van der Waals surface area (Å²) in [7, 11) is 0. The Bertz CT molecular complexity index is 1000. The normalized spacial score (nSPS) is 14.0. The zero-order valence-electron chi connectivity index (χ0n) is 18.7. The van der Waals surface area contributed by atoms with E-state index in [1.807, 2.05) is 12.1 Å². The first-order valence-corrected chi connectivity index (χ1v) is 11.0. The third kappa shape index (κ3) is 6.52. The number of ether oxygens (including phenoxy) is 1. The molecule has 0 radical (unpaired) electrons. The van der Waals surface area contributed by atoms with Crippen molar-refractivity contribution in [1.29, 1.82) is 0 Å². The summed E-state index contributed by atoms with van der Waals surface area (Å²) in [5.74, 6) is -0.315. The highest BCUT2D eigenvalue weighted by atomic mass is 16.5. The maximum Gasteiger partial charge on any atom is 0.336 e. The minimum atomic E-state index is -0.989. The summed E-state index contributed by atoms with van der Waals surface area (Å²) in [6, 6.07) is 13.3. The van der Waals surface area contributed by atoms with Gasteiger partial charge in [0.25, 0.3) is 0 Å². The Morgan fingerprint density at radius 3 is 2.44 bits per heavy atom. The molecule has 6 heteroatoms. The molecule has 32 heavy (non-hydrogen) atoms. The zero-order chi connectivity index (χ0) is 22.9. The smallest absolute Gasteiger partial charge is 0.336 e. The number of carbonyl (C=O) groups is 1. The van der Waals surface area contributed by atoms with Crippen LogP contribution < -0.4 is 0 Å². The SMILES string of the molecule is Cc1ccc(-c2nc(COC3CCCCC3)co2)cc1.Cc1cccc(CO)c1C(=O)O. The van der Waals surface area contributed by atoms with Crippen molar-refractivity contribution in [3.8, 4) is 11.5 Å². The summed E-state index contributed by atoms with van der Waals surface area (Å²) < 4.78 is 11.5. The number of hydrogen-bond donors (Lipinski definition) is 2. The van der Waals surface area contributed by atoms with Crippen LogP contribution in [0.2, 0.25) is 0 Å². The van der Waals surface area contributed by atoms with E-state index in [-0.39, 0.29) is 12.2 Å². The second-order valence-corrected chi connectivity index (χ2v) is 8.15. The summed E-state index contributed by atoms with van der Waals surface area (Å²) in [6.45, 7) is 4.11. The largest absolute Gasteiger partial charge is 0.478 e. The highest BCUT2D eigenvalue weighted by Gasteiger charge is 2.15. The number of aryl methyl sites for hydroxylation is 2. The van der Waals surface area contributed by atoms with Gasteiger partial charge in [-0.25, -0.2) is 9.78 Å². The maximum absolute atomic E-state index is 10.7. The molecule has 0 saturated heterocycles. The minimum Gasteiger partial charge on any atom is -0.478 e. The molecule has 1 heterocycles. The van der Waals surface area contributed by atoms with Gasteiger partial charge in [0.15, 0.2) is 0 Å². The van der Waals surface area contributed by atoms with Gasteiger partial charge in [-0.2, -0.15) is 0 Å². The van der Waals surface area contributed by atoms with Crippen LogP contribution in [-0.2, 0) is 18.0 Å². The lowest BCUT2D eigenvalue weighted by Crippen LogP contribution is -2.16. The molecule has 6 nitrogen and oxygen atoms in total. The number of benzene rings is 2. The molecule has 170 valence electrons. The lowest BCUT2D eigenvalue weighted by molar-refractivity contribution is 0.0152. The number of rotatable bonds is 6. The first-order chi connectivity index (χ1) is 15.5. The Labute approximate surface area is 188 Å². The Kier molecular flexibility index (Phi) is 8.59. The Balaban J connectivity index is 0.000000207. The number of oxazole rings is 1. The van der Waals surface area contributed by atoms with Gasteiger partial charge in [-0.1, -0.05) is 55.2 Å². The lowest BCUT2D eigenvalue weighted by atomic mass is 9.98. The molecule has 2 aromatic carbocycles. The van der Waals surface area contributed by atoms with E-state index >= 15 is 0 Å². The average molecular weight is 438 g/mol. The molecule has 0 unspecified atom stereocenters. The number of nitrogens with zero attached hydrogens (tertiary/aromatic N) is 1. The van der Waals surface area contributed by atoms with Crippen molar-refractivity contribution in [3.05, 3.63) is 76.7 Å². The van der Waals surface area contributed by atoms with Crippen LogP contribution in [0.3, 0.4) is 0 Å². The quantitative estimate of drug-likeness (QED) is 0.515. The molecule has 1 aliphatic rings. The van der Waals surface area contributed by atoms with Crippen LogP contribution >= 0.6 is 0 Å². The predicted octanol–water partition coefficient (Wildman–Crippen LogP) is 5.68. The third-order valence-corrected chi connectivity index (χ3v) is 5.61. The second-order valence-electron chi connectivity index (χ2n) is 8.15. The first kappa shape index (κ1) is 23.7. The number of hydrogen-bond acceptors (Lipinski definition) is 5. The molecule has 0 amide bonds. The van der Waals surface area contributed by atoms with E-state index < -0.39 is 5.97 Å². The second kappa shape index (κ2) is 11.6. The third-order valence-electron chi connectivity index (χ3n) is 5.61. The van der Waals surface area contributed by atoms with Crippen LogP contribution in [0, 0.1) is 13.8 Å². The molecule has 1 aromatic heterocycles. The van der Waals surface area contributed by atoms with Crippen LogP contribution in [0.5, 0.6) is 0 Å². The van der Waals surface area contributed by atoms with Crippen LogP contribution in [0.15, 0.2) is 53.1 Å². The van der Waals surface area contributed by atoms with Gasteiger partial charge in [0, 0.05) is 5.56 Å². The monoisotopic (exact) mass is 437 g/mol. The minimum absolute atomic E-state index is 0.208. The van der Waals surface area contributed by atoms with E-state index in [4.69, 9.17) is 19.4 Å². The fraction of sp³-hybridized carbons (Fsp3) is 0.385. The molecule has 2 N–H and O–H groups in total.